The van der Waals surface area contributed by atoms with E-state index < -0.39 is 6.16 Å². The first kappa shape index (κ1) is 11.8. The fourth-order valence-electron chi connectivity index (χ4n) is 1.13. The van der Waals surface area contributed by atoms with Crippen LogP contribution in [0.1, 0.15) is 25.1 Å². The molecule has 0 spiro atoms. The zero-order chi connectivity index (χ0) is 11.3. The summed E-state index contributed by atoms with van der Waals surface area (Å²) < 4.78 is 9.59. The maximum absolute atomic E-state index is 11.0. The molecule has 1 rings (SSSR count). The average Bonchev–Trinajstić information content (AvgIpc) is 2.51. The molecular formula is C10H15NO3S. The molecule has 1 aromatic rings. The fraction of sp³-hybridized carbons (Fsp3) is 0.500. The van der Waals surface area contributed by atoms with Gasteiger partial charge in [-0.1, -0.05) is 13.3 Å². The first-order chi connectivity index (χ1) is 7.19. The van der Waals surface area contributed by atoms with Gasteiger partial charge in [0.2, 0.25) is 0 Å². The van der Waals surface area contributed by atoms with E-state index in [0.717, 1.165) is 17.7 Å². The fourth-order valence-corrected chi connectivity index (χ4v) is 2.10. The van der Waals surface area contributed by atoms with E-state index in [0.29, 0.717) is 18.0 Å². The van der Waals surface area contributed by atoms with E-state index in [9.17, 15) is 4.79 Å². The lowest BCUT2D eigenvalue weighted by Gasteiger charge is -2.03. The third kappa shape index (κ3) is 3.13. The molecule has 0 radical (unpaired) electrons. The lowest BCUT2D eigenvalue weighted by molar-refractivity contribution is 0.104. The lowest BCUT2D eigenvalue weighted by Crippen LogP contribution is -2.10. The highest BCUT2D eigenvalue weighted by atomic mass is 32.1. The van der Waals surface area contributed by atoms with Gasteiger partial charge in [-0.2, -0.15) is 0 Å². The van der Waals surface area contributed by atoms with Crippen molar-refractivity contribution < 1.29 is 14.3 Å². The van der Waals surface area contributed by atoms with E-state index in [1.54, 1.807) is 12.3 Å². The van der Waals surface area contributed by atoms with Crippen LogP contribution in [0.25, 0.3) is 0 Å². The number of anilines is 1. The molecule has 2 N–H and O–H groups in total. The van der Waals surface area contributed by atoms with Crippen LogP contribution in [0, 0.1) is 0 Å². The number of aryl methyl sites for hydroxylation is 1. The van der Waals surface area contributed by atoms with Crippen molar-refractivity contribution in [2.24, 2.45) is 0 Å². The smallest absolute Gasteiger partial charge is 0.434 e. The van der Waals surface area contributed by atoms with E-state index in [4.69, 9.17) is 10.5 Å². The number of hydrogen-bond donors (Lipinski definition) is 1. The summed E-state index contributed by atoms with van der Waals surface area (Å²) in [5.41, 5.74) is 6.36. The molecule has 0 unspecified atom stereocenters. The second-order valence-electron chi connectivity index (χ2n) is 2.97. The molecule has 0 aromatic carbocycles. The molecule has 1 aromatic heterocycles. The summed E-state index contributed by atoms with van der Waals surface area (Å²) in [7, 11) is 0. The topological polar surface area (TPSA) is 61.5 Å². The van der Waals surface area contributed by atoms with Gasteiger partial charge in [0, 0.05) is 10.3 Å². The van der Waals surface area contributed by atoms with E-state index >= 15 is 0 Å². The van der Waals surface area contributed by atoms with Crippen LogP contribution in [-0.2, 0) is 11.2 Å². The molecule has 0 atom stereocenters. The highest BCUT2D eigenvalue weighted by molar-refractivity contribution is 7.10. The standard InChI is InChI=1S/C10H15NO3S/c1-3-5-8-9(11)7(6-15-8)14-10(12)13-4-2/h6H,3-5,11H2,1-2H3. The maximum Gasteiger partial charge on any atom is 0.513 e. The second kappa shape index (κ2) is 5.60. The van der Waals surface area contributed by atoms with Gasteiger partial charge in [-0.15, -0.1) is 11.3 Å². The Kier molecular flexibility index (Phi) is 4.42. The molecule has 4 nitrogen and oxygen atoms in total. The third-order valence-corrected chi connectivity index (χ3v) is 2.85. The Morgan fingerprint density at radius 1 is 1.53 bits per heavy atom. The molecule has 1 heterocycles. The van der Waals surface area contributed by atoms with Crippen molar-refractivity contribution in [1.82, 2.24) is 0 Å². The van der Waals surface area contributed by atoms with Crippen molar-refractivity contribution >= 4 is 23.2 Å². The van der Waals surface area contributed by atoms with Crippen LogP contribution in [-0.4, -0.2) is 12.8 Å². The van der Waals surface area contributed by atoms with Crippen LogP contribution in [0.2, 0.25) is 0 Å². The summed E-state index contributed by atoms with van der Waals surface area (Å²) in [6.45, 7) is 4.09. The Hall–Kier alpha value is -1.23. The van der Waals surface area contributed by atoms with E-state index in [1.165, 1.54) is 11.3 Å². The number of carbonyl (C=O) groups is 1. The van der Waals surface area contributed by atoms with E-state index in [1.807, 2.05) is 0 Å². The summed E-state index contributed by atoms with van der Waals surface area (Å²) in [6, 6.07) is 0. The normalized spacial score (nSPS) is 10.0. The number of carbonyl (C=O) groups excluding carboxylic acids is 1. The molecule has 0 saturated heterocycles. The zero-order valence-electron chi connectivity index (χ0n) is 8.91. The lowest BCUT2D eigenvalue weighted by atomic mass is 10.2. The van der Waals surface area contributed by atoms with Gasteiger partial charge >= 0.3 is 6.16 Å². The maximum atomic E-state index is 11.0. The molecular weight excluding hydrogens is 214 g/mol. The van der Waals surface area contributed by atoms with Crippen molar-refractivity contribution in [3.63, 3.8) is 0 Å². The van der Waals surface area contributed by atoms with Gasteiger partial charge in [0.05, 0.1) is 12.3 Å². The van der Waals surface area contributed by atoms with Crippen molar-refractivity contribution in [2.45, 2.75) is 26.7 Å². The molecule has 0 aliphatic carbocycles. The van der Waals surface area contributed by atoms with Crippen molar-refractivity contribution in [2.75, 3.05) is 12.3 Å². The Labute approximate surface area is 93.0 Å². The van der Waals surface area contributed by atoms with E-state index in [2.05, 4.69) is 11.7 Å². The first-order valence-electron chi connectivity index (χ1n) is 4.89. The first-order valence-corrected chi connectivity index (χ1v) is 5.77. The third-order valence-electron chi connectivity index (χ3n) is 1.81. The number of ether oxygens (including phenoxy) is 2. The van der Waals surface area contributed by atoms with Crippen LogP contribution >= 0.6 is 11.3 Å². The largest absolute Gasteiger partial charge is 0.513 e. The Balaban J connectivity index is 2.65. The molecule has 0 bridgehead atoms. The van der Waals surface area contributed by atoms with Crippen LogP contribution in [0.3, 0.4) is 0 Å². The molecule has 0 aliphatic rings. The van der Waals surface area contributed by atoms with Gasteiger partial charge in [0.15, 0.2) is 5.75 Å². The predicted octanol–water partition coefficient (Wildman–Crippen LogP) is 2.82. The monoisotopic (exact) mass is 229 g/mol. The minimum absolute atomic E-state index is 0.296. The van der Waals surface area contributed by atoms with Crippen molar-refractivity contribution in [3.8, 4) is 5.75 Å². The van der Waals surface area contributed by atoms with Gasteiger partial charge in [0.25, 0.3) is 0 Å². The van der Waals surface area contributed by atoms with E-state index in [-0.39, 0.29) is 0 Å². The molecule has 0 amide bonds. The number of nitrogen functional groups attached to an aromatic ring is 1. The number of hydrogen-bond acceptors (Lipinski definition) is 5. The number of thiophene rings is 1. The van der Waals surface area contributed by atoms with Gasteiger partial charge in [-0.25, -0.2) is 4.79 Å². The van der Waals surface area contributed by atoms with Crippen LogP contribution in [0.15, 0.2) is 5.38 Å². The highest BCUT2D eigenvalue weighted by Gasteiger charge is 2.13. The molecule has 5 heteroatoms. The Morgan fingerprint density at radius 3 is 2.87 bits per heavy atom. The van der Waals surface area contributed by atoms with Crippen LogP contribution in [0.5, 0.6) is 5.75 Å². The summed E-state index contributed by atoms with van der Waals surface area (Å²) in [6.07, 6.45) is 1.22. The molecule has 0 aliphatic heterocycles. The molecule has 15 heavy (non-hydrogen) atoms. The van der Waals surface area contributed by atoms with Crippen LogP contribution in [0.4, 0.5) is 10.5 Å². The van der Waals surface area contributed by atoms with Crippen LogP contribution < -0.4 is 10.5 Å². The Morgan fingerprint density at radius 2 is 2.27 bits per heavy atom. The van der Waals surface area contributed by atoms with Crippen molar-refractivity contribution in [3.05, 3.63) is 10.3 Å². The average molecular weight is 229 g/mol. The summed E-state index contributed by atoms with van der Waals surface area (Å²) in [5.74, 6) is 0.405. The van der Waals surface area contributed by atoms with Crippen molar-refractivity contribution in [1.29, 1.82) is 0 Å². The minimum Gasteiger partial charge on any atom is -0.434 e. The molecule has 84 valence electrons. The Bertz CT molecular complexity index is 335. The number of rotatable bonds is 4. The quantitative estimate of drug-likeness (QED) is 0.806. The van der Waals surface area contributed by atoms with Gasteiger partial charge in [0.1, 0.15) is 0 Å². The number of nitrogens with two attached hydrogens (primary N) is 1. The minimum atomic E-state index is -0.704. The van der Waals surface area contributed by atoms with Gasteiger partial charge in [-0.3, -0.25) is 0 Å². The zero-order valence-corrected chi connectivity index (χ0v) is 9.73. The summed E-state index contributed by atoms with van der Waals surface area (Å²) >= 11 is 1.50. The summed E-state index contributed by atoms with van der Waals surface area (Å²) in [5, 5.41) is 1.73. The molecule has 0 fully saturated rings. The SMILES string of the molecule is CCCc1scc(OC(=O)OCC)c1N. The van der Waals surface area contributed by atoms with Gasteiger partial charge in [-0.05, 0) is 13.3 Å². The van der Waals surface area contributed by atoms with Gasteiger partial charge < -0.3 is 15.2 Å². The highest BCUT2D eigenvalue weighted by Crippen LogP contribution is 2.33. The summed E-state index contributed by atoms with van der Waals surface area (Å²) in [4.78, 5) is 12.1. The second-order valence-corrected chi connectivity index (χ2v) is 3.94. The predicted molar refractivity (Wildman–Crippen MR) is 60.4 cm³/mol. The molecule has 0 saturated carbocycles.